The number of sulfonamides is 1. The van der Waals surface area contributed by atoms with Crippen molar-refractivity contribution in [1.82, 2.24) is 4.72 Å². The molecule has 0 saturated carbocycles. The first-order chi connectivity index (χ1) is 11.9. The van der Waals surface area contributed by atoms with Crippen molar-refractivity contribution in [2.75, 3.05) is 13.2 Å². The molecule has 0 bridgehead atoms. The predicted molar refractivity (Wildman–Crippen MR) is 96.2 cm³/mol. The van der Waals surface area contributed by atoms with E-state index in [2.05, 4.69) is 10.8 Å². The number of hydrogen-bond donors (Lipinski definition) is 2. The molecule has 0 fully saturated rings. The first kappa shape index (κ1) is 17.9. The molecule has 1 atom stereocenters. The van der Waals surface area contributed by atoms with Gasteiger partial charge in [-0.3, -0.25) is 0 Å². The fraction of sp³-hybridized carbons (Fsp3) is 0.368. The summed E-state index contributed by atoms with van der Waals surface area (Å²) in [7, 11) is -3.76. The highest BCUT2D eigenvalue weighted by Gasteiger charge is 2.33. The molecule has 2 aromatic carbocycles. The van der Waals surface area contributed by atoms with Crippen LogP contribution in [0.5, 0.6) is 5.75 Å². The molecule has 25 heavy (non-hydrogen) atoms. The van der Waals surface area contributed by atoms with Crippen LogP contribution in [0.2, 0.25) is 0 Å². The maximum Gasteiger partial charge on any atom is 0.244 e. The van der Waals surface area contributed by atoms with Crippen LogP contribution in [0.25, 0.3) is 0 Å². The topological polar surface area (TPSA) is 75.6 Å². The van der Waals surface area contributed by atoms with E-state index in [1.54, 1.807) is 25.1 Å². The lowest BCUT2D eigenvalue weighted by Crippen LogP contribution is -2.46. The number of rotatable bonds is 6. The smallest absolute Gasteiger partial charge is 0.244 e. The van der Waals surface area contributed by atoms with Crippen molar-refractivity contribution in [3.63, 3.8) is 0 Å². The molecule has 0 spiro atoms. The van der Waals surface area contributed by atoms with Crippen molar-refractivity contribution in [3.8, 4) is 5.75 Å². The molecule has 1 aliphatic carbocycles. The highest BCUT2D eigenvalue weighted by molar-refractivity contribution is 7.89. The largest absolute Gasteiger partial charge is 0.492 e. The van der Waals surface area contributed by atoms with E-state index in [4.69, 9.17) is 4.74 Å². The second kappa shape index (κ2) is 7.15. The van der Waals surface area contributed by atoms with Gasteiger partial charge in [0.05, 0.1) is 12.2 Å². The average molecular weight is 361 g/mol. The number of aliphatic hydroxyl groups is 1. The van der Waals surface area contributed by atoms with Crippen molar-refractivity contribution >= 4 is 10.0 Å². The van der Waals surface area contributed by atoms with E-state index in [1.807, 2.05) is 18.2 Å². The van der Waals surface area contributed by atoms with E-state index in [9.17, 15) is 13.5 Å². The second-order valence-electron chi connectivity index (χ2n) is 6.37. The Labute approximate surface area is 148 Å². The van der Waals surface area contributed by atoms with Crippen LogP contribution in [0.15, 0.2) is 53.4 Å². The summed E-state index contributed by atoms with van der Waals surface area (Å²) in [5, 5.41) is 10.8. The number of hydrogen-bond acceptors (Lipinski definition) is 4. The van der Waals surface area contributed by atoms with Gasteiger partial charge in [0.1, 0.15) is 10.6 Å². The summed E-state index contributed by atoms with van der Waals surface area (Å²) in [6.07, 6.45) is 1.71. The third kappa shape index (κ3) is 4.03. The fourth-order valence-corrected chi connectivity index (χ4v) is 4.45. The van der Waals surface area contributed by atoms with Gasteiger partial charge >= 0.3 is 0 Å². The summed E-state index contributed by atoms with van der Waals surface area (Å²) >= 11 is 0. The third-order valence-electron chi connectivity index (χ3n) is 4.53. The summed E-state index contributed by atoms with van der Waals surface area (Å²) in [6, 6.07) is 14.5. The van der Waals surface area contributed by atoms with Crippen molar-refractivity contribution < 1.29 is 18.3 Å². The molecule has 3 rings (SSSR count). The van der Waals surface area contributed by atoms with Gasteiger partial charge in [0, 0.05) is 13.0 Å². The van der Waals surface area contributed by atoms with Crippen LogP contribution < -0.4 is 9.46 Å². The van der Waals surface area contributed by atoms with Crippen molar-refractivity contribution in [1.29, 1.82) is 0 Å². The van der Waals surface area contributed by atoms with Crippen LogP contribution in [0.3, 0.4) is 0 Å². The molecule has 134 valence electrons. The Kier molecular flexibility index (Phi) is 5.13. The predicted octanol–water partition coefficient (Wildman–Crippen LogP) is 2.28. The van der Waals surface area contributed by atoms with E-state index in [0.717, 1.165) is 12.0 Å². The van der Waals surface area contributed by atoms with E-state index >= 15 is 0 Å². The maximum absolute atomic E-state index is 12.7. The van der Waals surface area contributed by atoms with Gasteiger partial charge in [-0.15, -0.1) is 0 Å². The van der Waals surface area contributed by atoms with Crippen molar-refractivity contribution in [3.05, 3.63) is 59.7 Å². The molecule has 0 aromatic heterocycles. The molecule has 2 aromatic rings. The normalized spacial score (nSPS) is 20.1. The van der Waals surface area contributed by atoms with Crippen molar-refractivity contribution in [2.24, 2.45) is 0 Å². The first-order valence-corrected chi connectivity index (χ1v) is 9.92. The van der Waals surface area contributed by atoms with Gasteiger partial charge in [-0.05, 0) is 43.0 Å². The standard InChI is InChI=1S/C19H23NO4S/c1-2-24-17-9-5-6-10-18(17)25(22,23)20-14-19(21)12-11-15-7-3-4-8-16(15)13-19/h3-10,20-21H,2,11-14H2,1H3. The highest BCUT2D eigenvalue weighted by Crippen LogP contribution is 2.29. The number of ether oxygens (including phenoxy) is 1. The Morgan fingerprint density at radius 2 is 1.80 bits per heavy atom. The van der Waals surface area contributed by atoms with Gasteiger partial charge < -0.3 is 9.84 Å². The van der Waals surface area contributed by atoms with Crippen LogP contribution in [-0.2, 0) is 22.9 Å². The summed E-state index contributed by atoms with van der Waals surface area (Å²) in [5.74, 6) is 0.318. The molecular formula is C19H23NO4S. The van der Waals surface area contributed by atoms with Gasteiger partial charge in [0.15, 0.2) is 0 Å². The maximum atomic E-state index is 12.7. The van der Waals surface area contributed by atoms with Gasteiger partial charge in [-0.2, -0.15) is 0 Å². The molecule has 1 aliphatic rings. The van der Waals surface area contributed by atoms with Crippen LogP contribution in [0.4, 0.5) is 0 Å². The lowest BCUT2D eigenvalue weighted by atomic mass is 9.80. The lowest BCUT2D eigenvalue weighted by Gasteiger charge is -2.33. The zero-order valence-electron chi connectivity index (χ0n) is 14.2. The quantitative estimate of drug-likeness (QED) is 0.828. The Bertz CT molecular complexity index is 850. The lowest BCUT2D eigenvalue weighted by molar-refractivity contribution is 0.0317. The van der Waals surface area contributed by atoms with Gasteiger partial charge in [-0.1, -0.05) is 36.4 Å². The minimum absolute atomic E-state index is 0.0237. The fourth-order valence-electron chi connectivity index (χ4n) is 3.19. The molecule has 0 saturated heterocycles. The minimum Gasteiger partial charge on any atom is -0.492 e. The van der Waals surface area contributed by atoms with Crippen LogP contribution in [-0.4, -0.2) is 32.3 Å². The van der Waals surface area contributed by atoms with Crippen LogP contribution in [0.1, 0.15) is 24.5 Å². The van der Waals surface area contributed by atoms with Gasteiger partial charge in [0.25, 0.3) is 0 Å². The minimum atomic E-state index is -3.76. The number of para-hydroxylation sites is 1. The molecule has 1 unspecified atom stereocenters. The monoisotopic (exact) mass is 361 g/mol. The second-order valence-corrected chi connectivity index (χ2v) is 8.11. The Balaban J connectivity index is 1.75. The molecule has 2 N–H and O–H groups in total. The van der Waals surface area contributed by atoms with E-state index in [1.165, 1.54) is 11.6 Å². The molecule has 0 radical (unpaired) electrons. The van der Waals surface area contributed by atoms with Gasteiger partial charge in [0.2, 0.25) is 10.0 Å². The van der Waals surface area contributed by atoms with Crippen LogP contribution >= 0.6 is 0 Å². The summed E-state index contributed by atoms with van der Waals surface area (Å²) in [5.41, 5.74) is 1.21. The summed E-state index contributed by atoms with van der Waals surface area (Å²) < 4.78 is 33.3. The van der Waals surface area contributed by atoms with Gasteiger partial charge in [-0.25, -0.2) is 13.1 Å². The van der Waals surface area contributed by atoms with E-state index in [-0.39, 0.29) is 11.4 Å². The zero-order valence-corrected chi connectivity index (χ0v) is 15.1. The number of nitrogens with one attached hydrogen (secondary N) is 1. The number of fused-ring (bicyclic) bond motifs is 1. The Morgan fingerprint density at radius 1 is 1.12 bits per heavy atom. The summed E-state index contributed by atoms with van der Waals surface area (Å²) in [6.45, 7) is 2.16. The van der Waals surface area contributed by atoms with Crippen molar-refractivity contribution in [2.45, 2.75) is 36.7 Å². The molecular weight excluding hydrogens is 338 g/mol. The van der Waals surface area contributed by atoms with Crippen LogP contribution in [0, 0.1) is 0 Å². The number of benzene rings is 2. The zero-order chi connectivity index (χ0) is 17.9. The molecule has 5 nitrogen and oxygen atoms in total. The first-order valence-electron chi connectivity index (χ1n) is 8.44. The Morgan fingerprint density at radius 3 is 2.56 bits per heavy atom. The Hall–Kier alpha value is -1.89. The molecule has 6 heteroatoms. The van der Waals surface area contributed by atoms with E-state index in [0.29, 0.717) is 25.2 Å². The summed E-state index contributed by atoms with van der Waals surface area (Å²) in [4.78, 5) is 0.0941. The van der Waals surface area contributed by atoms with E-state index < -0.39 is 15.6 Å². The third-order valence-corrected chi connectivity index (χ3v) is 5.97. The SMILES string of the molecule is CCOc1ccccc1S(=O)(=O)NCC1(O)CCc2ccccc2C1. The number of aryl methyl sites for hydroxylation is 1. The molecule has 0 aliphatic heterocycles. The molecule has 0 amide bonds. The molecule has 0 heterocycles. The highest BCUT2D eigenvalue weighted by atomic mass is 32.2. The average Bonchev–Trinajstić information content (AvgIpc) is 2.61.